The molecule has 0 radical (unpaired) electrons. The van der Waals surface area contributed by atoms with E-state index in [1.807, 2.05) is 0 Å². The van der Waals surface area contributed by atoms with E-state index in [2.05, 4.69) is 5.32 Å². The number of amides is 3. The highest BCUT2D eigenvalue weighted by Gasteiger charge is 2.53. The van der Waals surface area contributed by atoms with Gasteiger partial charge in [0.15, 0.2) is 0 Å². The first-order valence-corrected chi connectivity index (χ1v) is 6.89. The van der Waals surface area contributed by atoms with E-state index in [9.17, 15) is 9.59 Å². The molecule has 4 heteroatoms. The van der Waals surface area contributed by atoms with E-state index < -0.39 is 5.54 Å². The van der Waals surface area contributed by atoms with Crippen LogP contribution in [0.2, 0.25) is 0 Å². The topological polar surface area (TPSA) is 49.4 Å². The van der Waals surface area contributed by atoms with Crippen molar-refractivity contribution in [2.75, 3.05) is 0 Å². The molecule has 2 aliphatic carbocycles. The molecule has 3 aliphatic rings. The van der Waals surface area contributed by atoms with Crippen LogP contribution in [-0.4, -0.2) is 28.4 Å². The largest absolute Gasteiger partial charge is 0.325 e. The van der Waals surface area contributed by atoms with E-state index in [0.717, 1.165) is 44.9 Å². The van der Waals surface area contributed by atoms with Crippen LogP contribution in [0.5, 0.6) is 0 Å². The quantitative estimate of drug-likeness (QED) is 0.709. The number of nitrogens with zero attached hydrogens (tertiary/aromatic N) is 1. The molecule has 1 heterocycles. The van der Waals surface area contributed by atoms with Gasteiger partial charge in [-0.05, 0) is 32.1 Å². The van der Waals surface area contributed by atoms with Gasteiger partial charge >= 0.3 is 6.03 Å². The molecule has 17 heavy (non-hydrogen) atoms. The second kappa shape index (κ2) is 4.00. The number of urea groups is 1. The van der Waals surface area contributed by atoms with Crippen LogP contribution in [-0.2, 0) is 4.79 Å². The summed E-state index contributed by atoms with van der Waals surface area (Å²) in [5.74, 6) is 0.0640. The normalized spacial score (nSPS) is 29.1. The molecule has 0 unspecified atom stereocenters. The number of imide groups is 1. The van der Waals surface area contributed by atoms with E-state index >= 15 is 0 Å². The molecule has 3 rings (SSSR count). The van der Waals surface area contributed by atoms with Gasteiger partial charge in [0.1, 0.15) is 5.54 Å². The van der Waals surface area contributed by atoms with Crippen LogP contribution in [0.4, 0.5) is 4.79 Å². The molecule has 4 nitrogen and oxygen atoms in total. The lowest BCUT2D eigenvalue weighted by molar-refractivity contribution is -0.134. The van der Waals surface area contributed by atoms with Crippen molar-refractivity contribution in [2.45, 2.75) is 69.4 Å². The number of hydrogen-bond acceptors (Lipinski definition) is 2. The van der Waals surface area contributed by atoms with Crippen LogP contribution in [0.25, 0.3) is 0 Å². The average Bonchev–Trinajstić information content (AvgIpc) is 2.45. The van der Waals surface area contributed by atoms with Crippen molar-refractivity contribution < 1.29 is 9.59 Å². The van der Waals surface area contributed by atoms with E-state index in [0.29, 0.717) is 0 Å². The van der Waals surface area contributed by atoms with E-state index in [1.54, 1.807) is 0 Å². The molecule has 1 spiro atoms. The number of hydrogen-bond donors (Lipinski definition) is 1. The highest BCUT2D eigenvalue weighted by molar-refractivity contribution is 6.07. The first-order valence-electron chi connectivity index (χ1n) is 6.89. The highest BCUT2D eigenvalue weighted by Crippen LogP contribution is 2.36. The third kappa shape index (κ3) is 1.65. The molecule has 0 aromatic carbocycles. The summed E-state index contributed by atoms with van der Waals surface area (Å²) in [6.45, 7) is 0. The maximum Gasteiger partial charge on any atom is 0.325 e. The van der Waals surface area contributed by atoms with Crippen LogP contribution in [0.1, 0.15) is 57.8 Å². The van der Waals surface area contributed by atoms with Crippen molar-refractivity contribution in [3.05, 3.63) is 0 Å². The van der Waals surface area contributed by atoms with Crippen molar-refractivity contribution >= 4 is 11.9 Å². The average molecular weight is 236 g/mol. The van der Waals surface area contributed by atoms with Crippen LogP contribution < -0.4 is 5.32 Å². The predicted octanol–water partition coefficient (Wildman–Crippen LogP) is 2.18. The van der Waals surface area contributed by atoms with Gasteiger partial charge < -0.3 is 5.32 Å². The lowest BCUT2D eigenvalue weighted by atomic mass is 9.87. The second-order valence-electron chi connectivity index (χ2n) is 5.69. The lowest BCUT2D eigenvalue weighted by Gasteiger charge is -2.33. The van der Waals surface area contributed by atoms with E-state index in [1.165, 1.54) is 17.7 Å². The third-order valence-electron chi connectivity index (χ3n) is 4.59. The van der Waals surface area contributed by atoms with Gasteiger partial charge in [-0.2, -0.15) is 0 Å². The van der Waals surface area contributed by atoms with Gasteiger partial charge in [0.25, 0.3) is 5.91 Å². The Hall–Kier alpha value is -1.06. The first-order chi connectivity index (χ1) is 8.23. The highest BCUT2D eigenvalue weighted by atomic mass is 16.2. The Kier molecular flexibility index (Phi) is 2.60. The number of rotatable bonds is 1. The minimum absolute atomic E-state index is 0.0640. The van der Waals surface area contributed by atoms with Crippen LogP contribution >= 0.6 is 0 Å². The molecular weight excluding hydrogens is 216 g/mol. The van der Waals surface area contributed by atoms with Crippen LogP contribution in [0.3, 0.4) is 0 Å². The van der Waals surface area contributed by atoms with Gasteiger partial charge in [0.05, 0.1) is 0 Å². The fraction of sp³-hybridized carbons (Fsp3) is 0.846. The van der Waals surface area contributed by atoms with Gasteiger partial charge in [-0.25, -0.2) is 4.79 Å². The van der Waals surface area contributed by atoms with Gasteiger partial charge in [-0.3, -0.25) is 9.69 Å². The lowest BCUT2D eigenvalue weighted by Crippen LogP contribution is -2.48. The number of nitrogens with one attached hydrogen (secondary N) is 1. The Morgan fingerprint density at radius 2 is 1.65 bits per heavy atom. The number of carbonyl (C=O) groups excluding carboxylic acids is 2. The first kappa shape index (κ1) is 11.1. The van der Waals surface area contributed by atoms with Crippen molar-refractivity contribution in [1.29, 1.82) is 0 Å². The Morgan fingerprint density at radius 3 is 2.18 bits per heavy atom. The van der Waals surface area contributed by atoms with Crippen molar-refractivity contribution in [1.82, 2.24) is 10.2 Å². The zero-order chi connectivity index (χ0) is 11.9. The Bertz CT molecular complexity index is 341. The van der Waals surface area contributed by atoms with E-state index in [4.69, 9.17) is 0 Å². The van der Waals surface area contributed by atoms with Crippen LogP contribution in [0, 0.1) is 0 Å². The van der Waals surface area contributed by atoms with Gasteiger partial charge in [-0.15, -0.1) is 0 Å². The summed E-state index contributed by atoms with van der Waals surface area (Å²) in [6, 6.07) is 0.0479. The maximum absolute atomic E-state index is 12.5. The molecular formula is C13H20N2O2. The Labute approximate surface area is 102 Å². The monoisotopic (exact) mass is 236 g/mol. The summed E-state index contributed by atoms with van der Waals surface area (Å²) in [4.78, 5) is 26.0. The molecule has 1 saturated heterocycles. The summed E-state index contributed by atoms with van der Waals surface area (Å²) in [6.07, 6.45) is 9.30. The summed E-state index contributed by atoms with van der Waals surface area (Å²) in [5, 5.41) is 3.00. The SMILES string of the molecule is O=C1NC2(CCCCCC2)C(=O)N1C1CCC1. The third-order valence-corrected chi connectivity index (χ3v) is 4.59. The Balaban J connectivity index is 1.82. The number of carbonyl (C=O) groups is 2. The minimum atomic E-state index is -0.539. The molecule has 3 fully saturated rings. The molecule has 0 aromatic heterocycles. The molecule has 2 saturated carbocycles. The summed E-state index contributed by atoms with van der Waals surface area (Å²) < 4.78 is 0. The summed E-state index contributed by atoms with van der Waals surface area (Å²) in [5.41, 5.74) is -0.539. The minimum Gasteiger partial charge on any atom is -0.323 e. The fourth-order valence-electron chi connectivity index (χ4n) is 3.29. The zero-order valence-corrected chi connectivity index (χ0v) is 10.2. The van der Waals surface area contributed by atoms with E-state index in [-0.39, 0.29) is 18.0 Å². The molecule has 3 amide bonds. The smallest absolute Gasteiger partial charge is 0.323 e. The molecule has 0 atom stereocenters. The fourth-order valence-corrected chi connectivity index (χ4v) is 3.29. The standard InChI is InChI=1S/C13H20N2O2/c16-11-13(8-3-1-2-4-9-13)14-12(17)15(11)10-6-5-7-10/h10H,1-9H2,(H,14,17). The van der Waals surface area contributed by atoms with Crippen molar-refractivity contribution in [3.8, 4) is 0 Å². The molecule has 0 bridgehead atoms. The molecule has 1 N–H and O–H groups in total. The second-order valence-corrected chi connectivity index (χ2v) is 5.69. The zero-order valence-electron chi connectivity index (χ0n) is 10.2. The van der Waals surface area contributed by atoms with Crippen molar-refractivity contribution in [3.63, 3.8) is 0 Å². The van der Waals surface area contributed by atoms with Gasteiger partial charge in [0.2, 0.25) is 0 Å². The molecule has 94 valence electrons. The summed E-state index contributed by atoms with van der Waals surface area (Å²) >= 11 is 0. The van der Waals surface area contributed by atoms with Gasteiger partial charge in [-0.1, -0.05) is 25.7 Å². The van der Waals surface area contributed by atoms with Crippen LogP contribution in [0.15, 0.2) is 0 Å². The van der Waals surface area contributed by atoms with Crippen molar-refractivity contribution in [2.24, 2.45) is 0 Å². The predicted molar refractivity (Wildman–Crippen MR) is 63.4 cm³/mol. The molecule has 1 aliphatic heterocycles. The Morgan fingerprint density at radius 1 is 1.00 bits per heavy atom. The van der Waals surface area contributed by atoms with Gasteiger partial charge in [0, 0.05) is 6.04 Å². The summed E-state index contributed by atoms with van der Waals surface area (Å²) in [7, 11) is 0. The molecule has 0 aromatic rings. The maximum atomic E-state index is 12.5.